The van der Waals surface area contributed by atoms with Crippen LogP contribution in [0.2, 0.25) is 0 Å². The molecule has 0 saturated carbocycles. The van der Waals surface area contributed by atoms with Gasteiger partial charge in [-0.1, -0.05) is 11.2 Å². The molecule has 8 nitrogen and oxygen atoms in total. The first kappa shape index (κ1) is 17.0. The summed E-state index contributed by atoms with van der Waals surface area (Å²) in [7, 11) is 0. The number of hydrogen-bond acceptors (Lipinski definition) is 7. The van der Waals surface area contributed by atoms with Crippen LogP contribution in [0.5, 0.6) is 0 Å². The predicted molar refractivity (Wildman–Crippen MR) is 95.0 cm³/mol. The molecular formula is C18H23N5O3. The maximum Gasteiger partial charge on any atom is 0.276 e. The number of anilines is 1. The lowest BCUT2D eigenvalue weighted by atomic mass is 10.2. The lowest BCUT2D eigenvalue weighted by Crippen LogP contribution is -2.49. The van der Waals surface area contributed by atoms with Crippen LogP contribution in [0.25, 0.3) is 0 Å². The van der Waals surface area contributed by atoms with Crippen molar-refractivity contribution < 1.29 is 14.1 Å². The van der Waals surface area contributed by atoms with Gasteiger partial charge >= 0.3 is 0 Å². The first-order valence-corrected chi connectivity index (χ1v) is 9.00. The van der Waals surface area contributed by atoms with E-state index < -0.39 is 0 Å². The molecule has 0 spiro atoms. The fourth-order valence-corrected chi connectivity index (χ4v) is 3.31. The first-order valence-electron chi connectivity index (χ1n) is 9.00. The minimum atomic E-state index is -0.0670. The molecule has 0 atom stereocenters. The van der Waals surface area contributed by atoms with Gasteiger partial charge in [0.05, 0.1) is 19.8 Å². The summed E-state index contributed by atoms with van der Waals surface area (Å²) in [6, 6.07) is 7.64. The van der Waals surface area contributed by atoms with Crippen molar-refractivity contribution in [1.82, 2.24) is 19.9 Å². The molecule has 4 heterocycles. The minimum Gasteiger partial charge on any atom is -0.379 e. The van der Waals surface area contributed by atoms with E-state index >= 15 is 0 Å². The normalized spacial score (nSPS) is 18.9. The van der Waals surface area contributed by atoms with Gasteiger partial charge in [0.1, 0.15) is 5.82 Å². The van der Waals surface area contributed by atoms with Gasteiger partial charge in [0, 0.05) is 51.5 Å². The second-order valence-electron chi connectivity index (χ2n) is 6.53. The molecule has 2 aromatic rings. The van der Waals surface area contributed by atoms with E-state index in [1.165, 1.54) is 0 Å². The third kappa shape index (κ3) is 3.86. The zero-order valence-electron chi connectivity index (χ0n) is 14.7. The first-order chi connectivity index (χ1) is 12.8. The highest BCUT2D eigenvalue weighted by atomic mass is 16.5. The average molecular weight is 357 g/mol. The molecule has 0 unspecified atom stereocenters. The van der Waals surface area contributed by atoms with Gasteiger partial charge in [0.25, 0.3) is 5.91 Å². The lowest BCUT2D eigenvalue weighted by molar-refractivity contribution is 0.0305. The Morgan fingerprint density at radius 2 is 1.88 bits per heavy atom. The standard InChI is InChI=1S/C18H23N5O3/c24-18(16-13-15(26-20-16)14-21-9-11-25-12-10-21)23-7-5-22(6-8-23)17-3-1-2-4-19-17/h1-4,13H,5-12,14H2. The molecule has 8 heteroatoms. The number of amides is 1. The van der Waals surface area contributed by atoms with Gasteiger partial charge in [0.15, 0.2) is 11.5 Å². The largest absolute Gasteiger partial charge is 0.379 e. The van der Waals surface area contributed by atoms with Crippen LogP contribution in [0.1, 0.15) is 16.2 Å². The number of nitrogens with zero attached hydrogens (tertiary/aromatic N) is 5. The minimum absolute atomic E-state index is 0.0670. The Balaban J connectivity index is 1.32. The van der Waals surface area contributed by atoms with Crippen molar-refractivity contribution in [3.63, 3.8) is 0 Å². The average Bonchev–Trinajstić information content (AvgIpc) is 3.17. The third-order valence-electron chi connectivity index (χ3n) is 4.80. The molecule has 2 aliphatic rings. The maximum absolute atomic E-state index is 12.7. The number of morpholine rings is 1. The van der Waals surface area contributed by atoms with Crippen LogP contribution in [0.4, 0.5) is 5.82 Å². The molecule has 4 rings (SSSR count). The molecule has 0 aliphatic carbocycles. The van der Waals surface area contributed by atoms with Crippen LogP contribution in [0, 0.1) is 0 Å². The van der Waals surface area contributed by atoms with Crippen LogP contribution >= 0.6 is 0 Å². The number of rotatable bonds is 4. The van der Waals surface area contributed by atoms with E-state index in [9.17, 15) is 4.79 Å². The highest BCUT2D eigenvalue weighted by Crippen LogP contribution is 2.15. The summed E-state index contributed by atoms with van der Waals surface area (Å²) in [6.45, 7) is 6.72. The smallest absolute Gasteiger partial charge is 0.276 e. The van der Waals surface area contributed by atoms with E-state index in [2.05, 4.69) is 19.9 Å². The van der Waals surface area contributed by atoms with Crippen molar-refractivity contribution in [2.24, 2.45) is 0 Å². The van der Waals surface area contributed by atoms with Crippen molar-refractivity contribution in [3.05, 3.63) is 41.9 Å². The van der Waals surface area contributed by atoms with Crippen molar-refractivity contribution in [1.29, 1.82) is 0 Å². The third-order valence-corrected chi connectivity index (χ3v) is 4.80. The van der Waals surface area contributed by atoms with Crippen LogP contribution in [0.15, 0.2) is 35.0 Å². The SMILES string of the molecule is O=C(c1cc(CN2CCOCC2)on1)N1CCN(c2ccccn2)CC1. The van der Waals surface area contributed by atoms with E-state index in [1.54, 1.807) is 12.3 Å². The number of carbonyl (C=O) groups is 1. The van der Waals surface area contributed by atoms with Gasteiger partial charge in [0.2, 0.25) is 0 Å². The lowest BCUT2D eigenvalue weighted by Gasteiger charge is -2.34. The second kappa shape index (κ2) is 7.84. The molecular weight excluding hydrogens is 334 g/mol. The van der Waals surface area contributed by atoms with E-state index in [0.29, 0.717) is 25.3 Å². The summed E-state index contributed by atoms with van der Waals surface area (Å²) in [4.78, 5) is 23.3. The van der Waals surface area contributed by atoms with Crippen LogP contribution in [0.3, 0.4) is 0 Å². The second-order valence-corrected chi connectivity index (χ2v) is 6.53. The predicted octanol–water partition coefficient (Wildman–Crippen LogP) is 0.864. The molecule has 0 radical (unpaired) electrons. The summed E-state index contributed by atoms with van der Waals surface area (Å²) >= 11 is 0. The molecule has 1 amide bonds. The Labute approximate surface area is 152 Å². The molecule has 2 fully saturated rings. The Morgan fingerprint density at radius 1 is 1.08 bits per heavy atom. The number of pyridine rings is 1. The monoisotopic (exact) mass is 357 g/mol. The van der Waals surface area contributed by atoms with Crippen LogP contribution in [-0.2, 0) is 11.3 Å². The van der Waals surface area contributed by atoms with Gasteiger partial charge in [-0.3, -0.25) is 9.69 Å². The van der Waals surface area contributed by atoms with E-state index in [-0.39, 0.29) is 5.91 Å². The Bertz CT molecular complexity index is 721. The number of ether oxygens (including phenoxy) is 1. The van der Waals surface area contributed by atoms with Crippen LogP contribution in [-0.4, -0.2) is 78.3 Å². The zero-order valence-corrected chi connectivity index (χ0v) is 14.7. The van der Waals surface area contributed by atoms with E-state index in [1.807, 2.05) is 23.1 Å². The number of carbonyl (C=O) groups excluding carboxylic acids is 1. The quantitative estimate of drug-likeness (QED) is 0.803. The number of piperazine rings is 1. The molecule has 0 aromatic carbocycles. The Kier molecular flexibility index (Phi) is 5.12. The topological polar surface area (TPSA) is 74.9 Å². The summed E-state index contributed by atoms with van der Waals surface area (Å²) in [5, 5.41) is 3.98. The Hall–Kier alpha value is -2.45. The van der Waals surface area contributed by atoms with Gasteiger partial charge in [-0.2, -0.15) is 0 Å². The highest BCUT2D eigenvalue weighted by Gasteiger charge is 2.25. The van der Waals surface area contributed by atoms with E-state index in [4.69, 9.17) is 9.26 Å². The maximum atomic E-state index is 12.7. The molecule has 138 valence electrons. The van der Waals surface area contributed by atoms with Crippen molar-refractivity contribution in [3.8, 4) is 0 Å². The van der Waals surface area contributed by atoms with Gasteiger partial charge in [-0.15, -0.1) is 0 Å². The molecule has 2 aromatic heterocycles. The molecule has 0 bridgehead atoms. The van der Waals surface area contributed by atoms with E-state index in [0.717, 1.165) is 51.0 Å². The summed E-state index contributed by atoms with van der Waals surface area (Å²) < 4.78 is 10.7. The molecule has 26 heavy (non-hydrogen) atoms. The van der Waals surface area contributed by atoms with Crippen molar-refractivity contribution in [2.75, 3.05) is 57.4 Å². The van der Waals surface area contributed by atoms with Crippen molar-refractivity contribution in [2.45, 2.75) is 6.54 Å². The molecule has 2 saturated heterocycles. The fourth-order valence-electron chi connectivity index (χ4n) is 3.31. The fraction of sp³-hybridized carbons (Fsp3) is 0.500. The summed E-state index contributed by atoms with van der Waals surface area (Å²) in [5.41, 5.74) is 0.388. The van der Waals surface area contributed by atoms with Gasteiger partial charge < -0.3 is 19.1 Å². The number of hydrogen-bond donors (Lipinski definition) is 0. The zero-order chi connectivity index (χ0) is 17.8. The molecule has 0 N–H and O–H groups in total. The highest BCUT2D eigenvalue weighted by molar-refractivity contribution is 5.92. The Morgan fingerprint density at radius 3 is 2.62 bits per heavy atom. The van der Waals surface area contributed by atoms with Gasteiger partial charge in [-0.25, -0.2) is 4.98 Å². The van der Waals surface area contributed by atoms with Crippen molar-refractivity contribution >= 4 is 11.7 Å². The number of aromatic nitrogens is 2. The van der Waals surface area contributed by atoms with Gasteiger partial charge in [-0.05, 0) is 12.1 Å². The summed E-state index contributed by atoms with van der Waals surface area (Å²) in [5.74, 6) is 1.61. The van der Waals surface area contributed by atoms with Crippen LogP contribution < -0.4 is 4.90 Å². The molecule has 2 aliphatic heterocycles. The summed E-state index contributed by atoms with van der Waals surface area (Å²) in [6.07, 6.45) is 1.79.